The molecule has 2 aromatic heterocycles. The van der Waals surface area contributed by atoms with Crippen molar-refractivity contribution in [3.8, 4) is 0 Å². The second-order valence-electron chi connectivity index (χ2n) is 4.60. The summed E-state index contributed by atoms with van der Waals surface area (Å²) in [4.78, 5) is 8.15. The highest BCUT2D eigenvalue weighted by atomic mass is 32.1. The van der Waals surface area contributed by atoms with Gasteiger partial charge in [0.2, 0.25) is 0 Å². The summed E-state index contributed by atoms with van der Waals surface area (Å²) in [6.45, 7) is -0.217. The predicted octanol–water partition coefficient (Wildman–Crippen LogP) is 0.0816. The minimum absolute atomic E-state index is 0.217. The normalized spacial score (nSPS) is 30.1. The number of anilines is 1. The van der Waals surface area contributed by atoms with E-state index in [0.717, 1.165) is 10.3 Å². The zero-order valence-corrected chi connectivity index (χ0v) is 11.6. The van der Waals surface area contributed by atoms with Gasteiger partial charge >= 0.3 is 0 Å². The van der Waals surface area contributed by atoms with Crippen LogP contribution in [0.4, 0.5) is 5.82 Å². The Balaban J connectivity index is 2.01. The molecule has 108 valence electrons. The molecule has 0 amide bonds. The number of nitrogens with zero attached hydrogens (tertiary/aromatic N) is 2. The van der Waals surface area contributed by atoms with Crippen LogP contribution in [-0.2, 0) is 9.47 Å². The third-order valence-electron chi connectivity index (χ3n) is 3.50. The molecule has 1 saturated heterocycles. The fourth-order valence-electron chi connectivity index (χ4n) is 2.52. The zero-order chi connectivity index (χ0) is 14.3. The highest BCUT2D eigenvalue weighted by Crippen LogP contribution is 2.40. The maximum Gasteiger partial charge on any atom is 0.144 e. The first kappa shape index (κ1) is 13.7. The van der Waals surface area contributed by atoms with Gasteiger partial charge in [-0.15, -0.1) is 11.3 Å². The van der Waals surface area contributed by atoms with E-state index in [1.807, 2.05) is 5.38 Å². The van der Waals surface area contributed by atoms with Crippen LogP contribution >= 0.6 is 11.3 Å². The minimum Gasteiger partial charge on any atom is -0.394 e. The molecule has 1 fully saturated rings. The molecule has 1 unspecified atom stereocenters. The molecule has 3 heterocycles. The molecule has 4 atom stereocenters. The number of thiophene rings is 1. The molecule has 2 aromatic rings. The maximum absolute atomic E-state index is 10.3. The largest absolute Gasteiger partial charge is 0.394 e. The number of aliphatic hydroxyl groups is 2. The van der Waals surface area contributed by atoms with Crippen LogP contribution in [0.5, 0.6) is 0 Å². The number of aliphatic hydroxyl groups excluding tert-OH is 2. The van der Waals surface area contributed by atoms with E-state index in [2.05, 4.69) is 9.97 Å². The lowest BCUT2D eigenvalue weighted by Gasteiger charge is -2.16. The van der Waals surface area contributed by atoms with Crippen molar-refractivity contribution in [2.45, 2.75) is 24.4 Å². The number of hydrogen-bond donors (Lipinski definition) is 3. The maximum atomic E-state index is 10.3. The summed E-state index contributed by atoms with van der Waals surface area (Å²) in [6, 6.07) is 0. The number of nitrogens with two attached hydrogens (primary N) is 1. The zero-order valence-electron chi connectivity index (χ0n) is 10.8. The highest BCUT2D eigenvalue weighted by molar-refractivity contribution is 7.17. The Hall–Kier alpha value is -1.32. The Bertz CT molecular complexity index is 620. The molecule has 0 aliphatic carbocycles. The summed E-state index contributed by atoms with van der Waals surface area (Å²) in [5.74, 6) is 0.403. The molecule has 0 bridgehead atoms. The van der Waals surface area contributed by atoms with Crippen molar-refractivity contribution in [3.05, 3.63) is 17.3 Å². The topological polar surface area (TPSA) is 111 Å². The number of hydrogen-bond acceptors (Lipinski definition) is 8. The van der Waals surface area contributed by atoms with Gasteiger partial charge in [0.15, 0.2) is 0 Å². The smallest absolute Gasteiger partial charge is 0.144 e. The fourth-order valence-corrected chi connectivity index (χ4v) is 3.47. The molecule has 0 radical (unpaired) electrons. The summed E-state index contributed by atoms with van der Waals surface area (Å²) in [6.07, 6.45) is -1.22. The van der Waals surface area contributed by atoms with Crippen LogP contribution in [0.2, 0.25) is 0 Å². The molecule has 8 heteroatoms. The van der Waals surface area contributed by atoms with Crippen molar-refractivity contribution in [1.82, 2.24) is 9.97 Å². The van der Waals surface area contributed by atoms with Crippen LogP contribution in [-0.4, -0.2) is 52.2 Å². The lowest BCUT2D eigenvalue weighted by atomic mass is 10.0. The van der Waals surface area contributed by atoms with Crippen molar-refractivity contribution in [2.75, 3.05) is 19.5 Å². The number of rotatable bonds is 3. The summed E-state index contributed by atoms with van der Waals surface area (Å²) in [5.41, 5.74) is 7.21. The van der Waals surface area contributed by atoms with Crippen molar-refractivity contribution in [2.24, 2.45) is 0 Å². The van der Waals surface area contributed by atoms with E-state index in [0.29, 0.717) is 11.3 Å². The Labute approximate surface area is 119 Å². The average Bonchev–Trinajstić information content (AvgIpc) is 3.00. The molecule has 0 aromatic carbocycles. The molecule has 1 aliphatic rings. The van der Waals surface area contributed by atoms with Crippen LogP contribution in [0, 0.1) is 0 Å². The van der Waals surface area contributed by atoms with E-state index in [4.69, 9.17) is 15.2 Å². The molecule has 3 rings (SSSR count). The first-order valence-electron chi connectivity index (χ1n) is 6.12. The number of nitrogen functional groups attached to an aromatic ring is 1. The molecule has 20 heavy (non-hydrogen) atoms. The molecular formula is C12H15N3O4S. The van der Waals surface area contributed by atoms with E-state index in [-0.39, 0.29) is 6.61 Å². The van der Waals surface area contributed by atoms with Gasteiger partial charge in [-0.3, -0.25) is 0 Å². The molecule has 4 N–H and O–H groups in total. The van der Waals surface area contributed by atoms with Gasteiger partial charge in [0.25, 0.3) is 0 Å². The fraction of sp³-hybridized carbons (Fsp3) is 0.500. The number of methoxy groups -OCH3 is 1. The van der Waals surface area contributed by atoms with Gasteiger partial charge in [0, 0.05) is 12.7 Å². The van der Waals surface area contributed by atoms with Crippen molar-refractivity contribution in [3.63, 3.8) is 0 Å². The SMILES string of the molecule is CO[C@@H]1[C@@H](CO)OC(c2csc3c(N)ncnc23)[C@@H]1O. The second-order valence-corrected chi connectivity index (χ2v) is 5.48. The number of aromatic nitrogens is 2. The minimum atomic E-state index is -0.869. The lowest BCUT2D eigenvalue weighted by Crippen LogP contribution is -2.34. The molecule has 0 spiro atoms. The third-order valence-corrected chi connectivity index (χ3v) is 4.51. The molecule has 7 nitrogen and oxygen atoms in total. The Morgan fingerprint density at radius 3 is 2.95 bits per heavy atom. The van der Waals surface area contributed by atoms with Crippen molar-refractivity contribution in [1.29, 1.82) is 0 Å². The van der Waals surface area contributed by atoms with Crippen LogP contribution in [0.3, 0.4) is 0 Å². The van der Waals surface area contributed by atoms with E-state index in [1.54, 1.807) is 0 Å². The quantitative estimate of drug-likeness (QED) is 0.735. The lowest BCUT2D eigenvalue weighted by molar-refractivity contribution is -0.0361. The number of fused-ring (bicyclic) bond motifs is 1. The van der Waals surface area contributed by atoms with E-state index < -0.39 is 24.4 Å². The monoisotopic (exact) mass is 297 g/mol. The summed E-state index contributed by atoms with van der Waals surface area (Å²) >= 11 is 1.40. The van der Waals surface area contributed by atoms with Crippen molar-refractivity contribution < 1.29 is 19.7 Å². The van der Waals surface area contributed by atoms with Gasteiger partial charge in [-0.25, -0.2) is 9.97 Å². The summed E-state index contributed by atoms with van der Waals surface area (Å²) in [5, 5.41) is 21.5. The van der Waals surface area contributed by atoms with Gasteiger partial charge in [0.05, 0.1) is 16.8 Å². The highest BCUT2D eigenvalue weighted by Gasteiger charge is 2.45. The Morgan fingerprint density at radius 1 is 1.50 bits per heavy atom. The van der Waals surface area contributed by atoms with Gasteiger partial charge in [-0.05, 0) is 5.38 Å². The average molecular weight is 297 g/mol. The van der Waals surface area contributed by atoms with E-state index >= 15 is 0 Å². The van der Waals surface area contributed by atoms with Crippen LogP contribution < -0.4 is 5.73 Å². The van der Waals surface area contributed by atoms with Gasteiger partial charge in [-0.2, -0.15) is 0 Å². The van der Waals surface area contributed by atoms with Crippen molar-refractivity contribution >= 4 is 27.4 Å². The Kier molecular flexibility index (Phi) is 3.57. The van der Waals surface area contributed by atoms with Gasteiger partial charge < -0.3 is 25.4 Å². The summed E-state index contributed by atoms with van der Waals surface area (Å²) in [7, 11) is 1.48. The van der Waals surface area contributed by atoms with Crippen LogP contribution in [0.1, 0.15) is 11.7 Å². The van der Waals surface area contributed by atoms with Gasteiger partial charge in [0.1, 0.15) is 36.6 Å². The molecule has 0 saturated carbocycles. The predicted molar refractivity (Wildman–Crippen MR) is 73.3 cm³/mol. The van der Waals surface area contributed by atoms with Gasteiger partial charge in [-0.1, -0.05) is 0 Å². The summed E-state index contributed by atoms with van der Waals surface area (Å²) < 4.78 is 11.7. The van der Waals surface area contributed by atoms with Crippen LogP contribution in [0.15, 0.2) is 11.7 Å². The number of ether oxygens (including phenoxy) is 2. The van der Waals surface area contributed by atoms with E-state index in [9.17, 15) is 10.2 Å². The first-order valence-corrected chi connectivity index (χ1v) is 7.00. The second kappa shape index (κ2) is 5.23. The standard InChI is InChI=1S/C12H15N3O4S/c1-18-10-6(2-16)19-9(8(10)17)5-3-20-11-7(5)14-4-15-12(11)13/h3-4,6,8-10,16-17H,2H2,1H3,(H2,13,14,15)/t6-,8+,9?,10-/m1/s1. The first-order chi connectivity index (χ1) is 9.67. The molecule has 1 aliphatic heterocycles. The Morgan fingerprint density at radius 2 is 2.30 bits per heavy atom. The van der Waals surface area contributed by atoms with Crippen LogP contribution in [0.25, 0.3) is 10.2 Å². The van der Waals surface area contributed by atoms with E-state index in [1.165, 1.54) is 24.8 Å². The molecular weight excluding hydrogens is 282 g/mol. The third kappa shape index (κ3) is 1.97.